The van der Waals surface area contributed by atoms with Crippen LogP contribution >= 0.6 is 11.3 Å². The minimum Gasteiger partial charge on any atom is -0.457 e. The number of thiazole rings is 1. The fourth-order valence-electron chi connectivity index (χ4n) is 3.49. The van der Waals surface area contributed by atoms with Crippen molar-refractivity contribution in [3.05, 3.63) is 95.4 Å². The Bertz CT molecular complexity index is 1320. The number of aromatic nitrogens is 1. The maximum Gasteiger partial charge on any atom is 0.306 e. The molecule has 0 aliphatic rings. The molecule has 0 bridgehead atoms. The third-order valence-corrected chi connectivity index (χ3v) is 6.21. The summed E-state index contributed by atoms with van der Waals surface area (Å²) < 4.78 is 5.07. The van der Waals surface area contributed by atoms with Crippen LogP contribution in [0.3, 0.4) is 0 Å². The van der Waals surface area contributed by atoms with E-state index in [1.54, 1.807) is 12.1 Å². The average Bonchev–Trinajstić information content (AvgIpc) is 3.26. The molecule has 4 rings (SSSR count). The number of ketones is 1. The van der Waals surface area contributed by atoms with E-state index in [2.05, 4.69) is 10.3 Å². The number of ether oxygens (including phenoxy) is 1. The number of nitrogens with zero attached hydrogens (tertiary/aromatic N) is 1. The molecule has 0 radical (unpaired) electrons. The van der Waals surface area contributed by atoms with Gasteiger partial charge in [0.15, 0.2) is 17.5 Å². The summed E-state index contributed by atoms with van der Waals surface area (Å²) in [7, 11) is 0. The van der Waals surface area contributed by atoms with Crippen LogP contribution in [0.2, 0.25) is 0 Å². The van der Waals surface area contributed by atoms with Gasteiger partial charge in [0, 0.05) is 22.4 Å². The number of anilines is 1. The maximum absolute atomic E-state index is 12.4. The number of esters is 1. The van der Waals surface area contributed by atoms with Gasteiger partial charge >= 0.3 is 5.97 Å². The van der Waals surface area contributed by atoms with Crippen LogP contribution in [0.5, 0.6) is 0 Å². The zero-order valence-corrected chi connectivity index (χ0v) is 20.0. The predicted molar refractivity (Wildman–Crippen MR) is 137 cm³/mol. The second-order valence-electron chi connectivity index (χ2n) is 7.87. The van der Waals surface area contributed by atoms with Crippen molar-refractivity contribution < 1.29 is 19.1 Å². The highest BCUT2D eigenvalue weighted by Crippen LogP contribution is 2.30. The van der Waals surface area contributed by atoms with Crippen molar-refractivity contribution in [2.24, 2.45) is 0 Å². The summed E-state index contributed by atoms with van der Waals surface area (Å²) in [6.45, 7) is 1.58. The zero-order chi connectivity index (χ0) is 24.6. The van der Waals surface area contributed by atoms with Crippen LogP contribution in [0.4, 0.5) is 5.13 Å². The number of benzene rings is 3. The normalized spacial score (nSPS) is 10.5. The third-order valence-electron chi connectivity index (χ3n) is 5.32. The van der Waals surface area contributed by atoms with Gasteiger partial charge < -0.3 is 10.1 Å². The molecule has 1 heterocycles. The Morgan fingerprint density at radius 3 is 2.06 bits per heavy atom. The minimum absolute atomic E-state index is 0.0574. The molecule has 176 valence electrons. The molecule has 0 unspecified atom stereocenters. The number of carbonyl (C=O) groups excluding carboxylic acids is 3. The van der Waals surface area contributed by atoms with Gasteiger partial charge in [0.2, 0.25) is 5.91 Å². The van der Waals surface area contributed by atoms with Crippen LogP contribution in [0.1, 0.15) is 28.1 Å². The van der Waals surface area contributed by atoms with E-state index < -0.39 is 5.97 Å². The minimum atomic E-state index is -0.602. The number of rotatable bonds is 9. The fourth-order valence-corrected chi connectivity index (χ4v) is 4.34. The number of carbonyl (C=O) groups is 3. The Morgan fingerprint density at radius 1 is 0.800 bits per heavy atom. The summed E-state index contributed by atoms with van der Waals surface area (Å²) in [5, 5.41) is 3.21. The SMILES string of the molecule is Cc1sc(NC(=O)CCC(=O)OCC(=O)c2ccc(-c3ccccc3)cc2)nc1-c1ccccc1. The average molecular weight is 485 g/mol. The highest BCUT2D eigenvalue weighted by molar-refractivity contribution is 7.16. The van der Waals surface area contributed by atoms with Crippen LogP contribution < -0.4 is 5.32 Å². The van der Waals surface area contributed by atoms with Crippen LogP contribution in [-0.2, 0) is 14.3 Å². The van der Waals surface area contributed by atoms with E-state index in [4.69, 9.17) is 4.74 Å². The van der Waals surface area contributed by atoms with Crippen molar-refractivity contribution in [3.8, 4) is 22.4 Å². The lowest BCUT2D eigenvalue weighted by molar-refractivity contribution is -0.143. The molecule has 0 atom stereocenters. The molecular weight excluding hydrogens is 460 g/mol. The van der Waals surface area contributed by atoms with Gasteiger partial charge in [0.1, 0.15) is 0 Å². The summed E-state index contributed by atoms with van der Waals surface area (Å²) in [5.74, 6) is -1.23. The third kappa shape index (κ3) is 6.49. The molecule has 6 nitrogen and oxygen atoms in total. The van der Waals surface area contributed by atoms with Crippen molar-refractivity contribution in [3.63, 3.8) is 0 Å². The molecule has 0 aliphatic carbocycles. The van der Waals surface area contributed by atoms with Gasteiger partial charge in [-0.3, -0.25) is 14.4 Å². The Morgan fingerprint density at radius 2 is 1.40 bits per heavy atom. The van der Waals surface area contributed by atoms with E-state index in [-0.39, 0.29) is 31.1 Å². The molecule has 1 amide bonds. The molecule has 0 fully saturated rings. The monoisotopic (exact) mass is 484 g/mol. The zero-order valence-electron chi connectivity index (χ0n) is 19.2. The highest BCUT2D eigenvalue weighted by atomic mass is 32.1. The molecule has 1 N–H and O–H groups in total. The van der Waals surface area contributed by atoms with E-state index in [0.29, 0.717) is 10.7 Å². The molecule has 35 heavy (non-hydrogen) atoms. The second-order valence-corrected chi connectivity index (χ2v) is 9.07. The Labute approximate surface area is 207 Å². The summed E-state index contributed by atoms with van der Waals surface area (Å²) >= 11 is 1.38. The van der Waals surface area contributed by atoms with E-state index in [1.807, 2.05) is 79.7 Å². The Hall–Kier alpha value is -4.10. The number of nitrogens with one attached hydrogen (secondary N) is 1. The molecule has 0 aliphatic heterocycles. The van der Waals surface area contributed by atoms with E-state index in [1.165, 1.54) is 11.3 Å². The molecule has 0 spiro atoms. The smallest absolute Gasteiger partial charge is 0.306 e. The van der Waals surface area contributed by atoms with Crippen LogP contribution in [0.25, 0.3) is 22.4 Å². The Kier molecular flexibility index (Phi) is 7.80. The van der Waals surface area contributed by atoms with Crippen molar-refractivity contribution in [2.75, 3.05) is 11.9 Å². The first-order chi connectivity index (χ1) is 17.0. The van der Waals surface area contributed by atoms with Crippen LogP contribution in [0, 0.1) is 6.92 Å². The Balaban J connectivity index is 1.22. The summed E-state index contributed by atoms with van der Waals surface area (Å²) in [5.41, 5.74) is 4.31. The predicted octanol–water partition coefficient (Wildman–Crippen LogP) is 5.93. The van der Waals surface area contributed by atoms with E-state index in [0.717, 1.165) is 27.3 Å². The van der Waals surface area contributed by atoms with Crippen molar-refractivity contribution >= 4 is 34.1 Å². The largest absolute Gasteiger partial charge is 0.457 e. The number of hydrogen-bond acceptors (Lipinski definition) is 6. The molecular formula is C28H24N2O4S. The number of Topliss-reactive ketones (excluding diaryl/α,β-unsaturated/α-hetero) is 1. The quantitative estimate of drug-likeness (QED) is 0.235. The molecule has 7 heteroatoms. The summed E-state index contributed by atoms with van der Waals surface area (Å²) in [6.07, 6.45) is -0.181. The van der Waals surface area contributed by atoms with Gasteiger partial charge in [-0.2, -0.15) is 0 Å². The second kappa shape index (κ2) is 11.4. The molecule has 1 aromatic heterocycles. The summed E-state index contributed by atoms with van der Waals surface area (Å²) in [6, 6.07) is 26.7. The first kappa shape index (κ1) is 24.0. The molecule has 3 aromatic carbocycles. The standard InChI is InChI=1S/C28H24N2O4S/c1-19-27(23-10-6-3-7-11-23)30-28(35-19)29-25(32)16-17-26(33)34-18-24(31)22-14-12-21(13-15-22)20-8-4-2-5-9-20/h2-15H,16-18H2,1H3,(H,29,30,32). The lowest BCUT2D eigenvalue weighted by atomic mass is 10.0. The van der Waals surface area contributed by atoms with E-state index >= 15 is 0 Å². The maximum atomic E-state index is 12.4. The molecule has 4 aromatic rings. The number of hydrogen-bond donors (Lipinski definition) is 1. The molecule has 0 saturated heterocycles. The fraction of sp³-hybridized carbons (Fsp3) is 0.143. The lowest BCUT2D eigenvalue weighted by Crippen LogP contribution is -2.17. The first-order valence-corrected chi connectivity index (χ1v) is 12.0. The van der Waals surface area contributed by atoms with Gasteiger partial charge in [-0.1, -0.05) is 84.9 Å². The van der Waals surface area contributed by atoms with Gasteiger partial charge in [-0.05, 0) is 18.1 Å². The van der Waals surface area contributed by atoms with Crippen molar-refractivity contribution in [2.45, 2.75) is 19.8 Å². The molecule has 0 saturated carbocycles. The highest BCUT2D eigenvalue weighted by Gasteiger charge is 2.15. The summed E-state index contributed by atoms with van der Waals surface area (Å²) in [4.78, 5) is 42.2. The van der Waals surface area contributed by atoms with Gasteiger partial charge in [-0.25, -0.2) is 4.98 Å². The van der Waals surface area contributed by atoms with E-state index in [9.17, 15) is 14.4 Å². The topological polar surface area (TPSA) is 85.4 Å². The van der Waals surface area contributed by atoms with Crippen LogP contribution in [-0.4, -0.2) is 29.3 Å². The first-order valence-electron chi connectivity index (χ1n) is 11.2. The number of amides is 1. The van der Waals surface area contributed by atoms with Crippen LogP contribution in [0.15, 0.2) is 84.9 Å². The number of aryl methyl sites for hydroxylation is 1. The van der Waals surface area contributed by atoms with Gasteiger partial charge in [0.25, 0.3) is 0 Å². The lowest BCUT2D eigenvalue weighted by Gasteiger charge is -2.06. The van der Waals surface area contributed by atoms with Gasteiger partial charge in [0.05, 0.1) is 12.1 Å². The van der Waals surface area contributed by atoms with Crippen molar-refractivity contribution in [1.29, 1.82) is 0 Å². The van der Waals surface area contributed by atoms with Crippen molar-refractivity contribution in [1.82, 2.24) is 4.98 Å². The van der Waals surface area contributed by atoms with Gasteiger partial charge in [-0.15, -0.1) is 11.3 Å².